The Labute approximate surface area is 130 Å². The van der Waals surface area contributed by atoms with Gasteiger partial charge in [0, 0.05) is 5.92 Å². The summed E-state index contributed by atoms with van der Waals surface area (Å²) >= 11 is 0. The third-order valence-corrected chi connectivity index (χ3v) is 4.06. The molecular weight excluding hydrogens is 276 g/mol. The minimum absolute atomic E-state index is 0.134. The molecule has 0 N–H and O–H groups in total. The molecule has 0 saturated carbocycles. The normalized spacial score (nSPS) is 21.4. The van der Waals surface area contributed by atoms with E-state index in [0.717, 1.165) is 17.5 Å². The van der Waals surface area contributed by atoms with E-state index in [2.05, 4.69) is 0 Å². The van der Waals surface area contributed by atoms with Crippen LogP contribution in [0.1, 0.15) is 23.5 Å². The number of esters is 1. The molecule has 0 aliphatic carbocycles. The van der Waals surface area contributed by atoms with Gasteiger partial charge in [-0.15, -0.1) is 0 Å². The van der Waals surface area contributed by atoms with Crippen LogP contribution in [-0.4, -0.2) is 19.2 Å². The lowest BCUT2D eigenvalue weighted by Gasteiger charge is -2.30. The topological polar surface area (TPSA) is 35.5 Å². The Kier molecular flexibility index (Phi) is 4.86. The average Bonchev–Trinajstić information content (AvgIpc) is 2.57. The zero-order valence-electron chi connectivity index (χ0n) is 12.5. The maximum atomic E-state index is 12.2. The molecule has 0 radical (unpaired) electrons. The first-order valence-corrected chi connectivity index (χ1v) is 7.68. The van der Waals surface area contributed by atoms with Crippen LogP contribution in [0, 0.1) is 5.92 Å². The van der Waals surface area contributed by atoms with Crippen molar-refractivity contribution in [3.63, 3.8) is 0 Å². The predicted molar refractivity (Wildman–Crippen MR) is 84.3 cm³/mol. The number of carbonyl (C=O) groups is 1. The predicted octanol–water partition coefficient (Wildman–Crippen LogP) is 3.55. The summed E-state index contributed by atoms with van der Waals surface area (Å²) in [7, 11) is 0. The van der Waals surface area contributed by atoms with Gasteiger partial charge in [-0.1, -0.05) is 60.7 Å². The van der Waals surface area contributed by atoms with Crippen molar-refractivity contribution in [2.45, 2.75) is 18.9 Å². The molecule has 2 aromatic carbocycles. The van der Waals surface area contributed by atoms with E-state index in [0.29, 0.717) is 19.8 Å². The van der Waals surface area contributed by atoms with E-state index >= 15 is 0 Å². The second kappa shape index (κ2) is 7.23. The van der Waals surface area contributed by atoms with Crippen molar-refractivity contribution in [3.8, 4) is 0 Å². The van der Waals surface area contributed by atoms with E-state index in [-0.39, 0.29) is 17.8 Å². The second-order valence-corrected chi connectivity index (χ2v) is 5.61. The highest BCUT2D eigenvalue weighted by Gasteiger charge is 2.34. The SMILES string of the molecule is O=C1OCC[C@@H](COCc2ccccc2)[C@@H]1c1ccccc1. The van der Waals surface area contributed by atoms with Crippen LogP contribution in [-0.2, 0) is 20.9 Å². The number of rotatable bonds is 5. The number of cyclic esters (lactones) is 1. The molecule has 0 aromatic heterocycles. The van der Waals surface area contributed by atoms with Crippen LogP contribution in [0.15, 0.2) is 60.7 Å². The van der Waals surface area contributed by atoms with Crippen LogP contribution >= 0.6 is 0 Å². The smallest absolute Gasteiger partial charge is 0.313 e. The van der Waals surface area contributed by atoms with Crippen LogP contribution in [0.4, 0.5) is 0 Å². The fraction of sp³-hybridized carbons (Fsp3) is 0.316. The monoisotopic (exact) mass is 296 g/mol. The highest BCUT2D eigenvalue weighted by Crippen LogP contribution is 2.32. The summed E-state index contributed by atoms with van der Waals surface area (Å²) < 4.78 is 11.1. The lowest BCUT2D eigenvalue weighted by molar-refractivity contribution is -0.153. The summed E-state index contributed by atoms with van der Waals surface area (Å²) in [6, 6.07) is 19.9. The zero-order valence-corrected chi connectivity index (χ0v) is 12.5. The summed E-state index contributed by atoms with van der Waals surface area (Å²) in [5, 5.41) is 0. The van der Waals surface area contributed by atoms with Gasteiger partial charge in [0.2, 0.25) is 0 Å². The molecular formula is C19H20O3. The third kappa shape index (κ3) is 3.55. The molecule has 1 heterocycles. The summed E-state index contributed by atoms with van der Waals surface area (Å²) in [6.07, 6.45) is 0.847. The van der Waals surface area contributed by atoms with Crippen molar-refractivity contribution in [1.29, 1.82) is 0 Å². The van der Waals surface area contributed by atoms with E-state index in [9.17, 15) is 4.79 Å². The Morgan fingerprint density at radius 3 is 2.41 bits per heavy atom. The van der Waals surface area contributed by atoms with Crippen molar-refractivity contribution >= 4 is 5.97 Å². The largest absolute Gasteiger partial charge is 0.465 e. The van der Waals surface area contributed by atoms with Gasteiger partial charge >= 0.3 is 5.97 Å². The van der Waals surface area contributed by atoms with Crippen molar-refractivity contribution in [1.82, 2.24) is 0 Å². The summed E-state index contributed by atoms with van der Waals surface area (Å²) in [4.78, 5) is 12.2. The van der Waals surface area contributed by atoms with Crippen molar-refractivity contribution in [2.24, 2.45) is 5.92 Å². The molecule has 0 spiro atoms. The zero-order chi connectivity index (χ0) is 15.2. The van der Waals surface area contributed by atoms with Crippen LogP contribution in [0.3, 0.4) is 0 Å². The van der Waals surface area contributed by atoms with Gasteiger partial charge in [-0.05, 0) is 17.5 Å². The molecule has 22 heavy (non-hydrogen) atoms. The first-order valence-electron chi connectivity index (χ1n) is 7.68. The quantitative estimate of drug-likeness (QED) is 0.792. The van der Waals surface area contributed by atoms with Gasteiger partial charge in [0.15, 0.2) is 0 Å². The molecule has 1 fully saturated rings. The fourth-order valence-corrected chi connectivity index (χ4v) is 2.91. The number of hydrogen-bond donors (Lipinski definition) is 0. The molecule has 1 saturated heterocycles. The first kappa shape index (κ1) is 14.8. The maximum Gasteiger partial charge on any atom is 0.313 e. The second-order valence-electron chi connectivity index (χ2n) is 5.61. The summed E-state index contributed by atoms with van der Waals surface area (Å²) in [6.45, 7) is 1.64. The minimum atomic E-state index is -0.217. The molecule has 3 rings (SSSR count). The summed E-state index contributed by atoms with van der Waals surface area (Å²) in [5.74, 6) is -0.177. The molecule has 1 aliphatic heterocycles. The average molecular weight is 296 g/mol. The lowest BCUT2D eigenvalue weighted by atomic mass is 9.83. The number of benzene rings is 2. The Bertz CT molecular complexity index is 595. The lowest BCUT2D eigenvalue weighted by Crippen LogP contribution is -2.33. The molecule has 3 heteroatoms. The van der Waals surface area contributed by atoms with Gasteiger partial charge in [-0.2, -0.15) is 0 Å². The van der Waals surface area contributed by atoms with Gasteiger partial charge in [-0.3, -0.25) is 4.79 Å². The molecule has 2 aromatic rings. The van der Waals surface area contributed by atoms with Crippen molar-refractivity contribution in [3.05, 3.63) is 71.8 Å². The Hall–Kier alpha value is -2.13. The minimum Gasteiger partial charge on any atom is -0.465 e. The van der Waals surface area contributed by atoms with E-state index < -0.39 is 0 Å². The molecule has 0 unspecified atom stereocenters. The molecule has 0 bridgehead atoms. The van der Waals surface area contributed by atoms with Gasteiger partial charge < -0.3 is 9.47 Å². The first-order chi connectivity index (χ1) is 10.8. The fourth-order valence-electron chi connectivity index (χ4n) is 2.91. The molecule has 2 atom stereocenters. The Balaban J connectivity index is 1.64. The third-order valence-electron chi connectivity index (χ3n) is 4.06. The molecule has 3 nitrogen and oxygen atoms in total. The Morgan fingerprint density at radius 2 is 1.68 bits per heavy atom. The van der Waals surface area contributed by atoms with E-state index in [1.54, 1.807) is 0 Å². The standard InChI is InChI=1S/C19H20O3/c20-19-18(16-9-5-2-6-10-16)17(11-12-22-19)14-21-13-15-7-3-1-4-8-15/h1-10,17-18H,11-14H2/t17-,18-/m0/s1. The highest BCUT2D eigenvalue weighted by atomic mass is 16.5. The van der Waals surface area contributed by atoms with Gasteiger partial charge in [0.1, 0.15) is 0 Å². The van der Waals surface area contributed by atoms with Gasteiger partial charge in [0.05, 0.1) is 25.7 Å². The number of hydrogen-bond acceptors (Lipinski definition) is 3. The van der Waals surface area contributed by atoms with Gasteiger partial charge in [0.25, 0.3) is 0 Å². The van der Waals surface area contributed by atoms with Crippen LogP contribution in [0.2, 0.25) is 0 Å². The van der Waals surface area contributed by atoms with Crippen molar-refractivity contribution in [2.75, 3.05) is 13.2 Å². The van der Waals surface area contributed by atoms with E-state index in [1.165, 1.54) is 0 Å². The number of ether oxygens (including phenoxy) is 2. The van der Waals surface area contributed by atoms with Gasteiger partial charge in [-0.25, -0.2) is 0 Å². The summed E-state index contributed by atoms with van der Waals surface area (Å²) in [5.41, 5.74) is 2.16. The molecule has 1 aliphatic rings. The van der Waals surface area contributed by atoms with E-state index in [1.807, 2.05) is 60.7 Å². The van der Waals surface area contributed by atoms with E-state index in [4.69, 9.17) is 9.47 Å². The maximum absolute atomic E-state index is 12.2. The van der Waals surface area contributed by atoms with Crippen molar-refractivity contribution < 1.29 is 14.3 Å². The van der Waals surface area contributed by atoms with Crippen LogP contribution in [0.25, 0.3) is 0 Å². The molecule has 0 amide bonds. The van der Waals surface area contributed by atoms with Crippen LogP contribution < -0.4 is 0 Å². The Morgan fingerprint density at radius 1 is 1.00 bits per heavy atom. The molecule has 114 valence electrons. The highest BCUT2D eigenvalue weighted by molar-refractivity contribution is 5.79. The number of carbonyl (C=O) groups excluding carboxylic acids is 1. The van der Waals surface area contributed by atoms with Crippen LogP contribution in [0.5, 0.6) is 0 Å².